The summed E-state index contributed by atoms with van der Waals surface area (Å²) in [5, 5.41) is 0. The SMILES string of the molecule is CC(=O)c1ccc(OCC(=O)N2CCN(CCOc3ccccc3)CC2)cc1. The summed E-state index contributed by atoms with van der Waals surface area (Å²) in [7, 11) is 0. The van der Waals surface area contributed by atoms with Crippen LogP contribution in [-0.4, -0.2) is 67.4 Å². The average molecular weight is 382 g/mol. The van der Waals surface area contributed by atoms with Crippen molar-refractivity contribution in [2.24, 2.45) is 0 Å². The van der Waals surface area contributed by atoms with Gasteiger partial charge < -0.3 is 14.4 Å². The number of nitrogens with zero attached hydrogens (tertiary/aromatic N) is 2. The second-order valence-electron chi connectivity index (χ2n) is 6.75. The van der Waals surface area contributed by atoms with E-state index in [1.165, 1.54) is 6.92 Å². The van der Waals surface area contributed by atoms with Gasteiger partial charge in [-0.1, -0.05) is 18.2 Å². The first kappa shape index (κ1) is 19.9. The van der Waals surface area contributed by atoms with Gasteiger partial charge in [-0.2, -0.15) is 0 Å². The highest BCUT2D eigenvalue weighted by Crippen LogP contribution is 2.13. The number of carbonyl (C=O) groups excluding carboxylic acids is 2. The summed E-state index contributed by atoms with van der Waals surface area (Å²) in [6, 6.07) is 16.6. The number of hydrogen-bond acceptors (Lipinski definition) is 5. The fourth-order valence-corrected chi connectivity index (χ4v) is 3.05. The summed E-state index contributed by atoms with van der Waals surface area (Å²) in [5.41, 5.74) is 0.631. The van der Waals surface area contributed by atoms with Gasteiger partial charge in [0.1, 0.15) is 18.1 Å². The third kappa shape index (κ3) is 5.82. The molecule has 0 aromatic heterocycles. The Hall–Kier alpha value is -2.86. The summed E-state index contributed by atoms with van der Waals surface area (Å²) in [6.45, 7) is 6.05. The molecule has 0 unspecified atom stereocenters. The fourth-order valence-electron chi connectivity index (χ4n) is 3.05. The second kappa shape index (κ2) is 9.90. The molecule has 28 heavy (non-hydrogen) atoms. The summed E-state index contributed by atoms with van der Waals surface area (Å²) in [5.74, 6) is 1.46. The van der Waals surface area contributed by atoms with Gasteiger partial charge in [-0.05, 0) is 43.3 Å². The lowest BCUT2D eigenvalue weighted by Gasteiger charge is -2.34. The predicted molar refractivity (Wildman–Crippen MR) is 107 cm³/mol. The van der Waals surface area contributed by atoms with E-state index in [-0.39, 0.29) is 18.3 Å². The molecule has 1 fully saturated rings. The van der Waals surface area contributed by atoms with E-state index in [1.807, 2.05) is 35.2 Å². The molecule has 0 N–H and O–H groups in total. The van der Waals surface area contributed by atoms with Gasteiger partial charge in [-0.3, -0.25) is 14.5 Å². The second-order valence-corrected chi connectivity index (χ2v) is 6.75. The minimum absolute atomic E-state index is 0.00895. The highest BCUT2D eigenvalue weighted by Gasteiger charge is 2.21. The van der Waals surface area contributed by atoms with Gasteiger partial charge in [0.15, 0.2) is 12.4 Å². The molecule has 0 aliphatic carbocycles. The number of Topliss-reactive ketones (excluding diaryl/α,β-unsaturated/α-hetero) is 1. The number of hydrogen-bond donors (Lipinski definition) is 0. The maximum atomic E-state index is 12.4. The van der Waals surface area contributed by atoms with Crippen LogP contribution in [0, 0.1) is 0 Å². The molecule has 0 radical (unpaired) electrons. The van der Waals surface area contributed by atoms with Gasteiger partial charge >= 0.3 is 0 Å². The van der Waals surface area contributed by atoms with Crippen LogP contribution in [0.1, 0.15) is 17.3 Å². The largest absolute Gasteiger partial charge is 0.492 e. The molecule has 0 saturated carbocycles. The fraction of sp³-hybridized carbons (Fsp3) is 0.364. The van der Waals surface area contributed by atoms with E-state index in [0.717, 1.165) is 25.4 Å². The Morgan fingerprint density at radius 3 is 2.14 bits per heavy atom. The first-order chi connectivity index (χ1) is 13.6. The summed E-state index contributed by atoms with van der Waals surface area (Å²) >= 11 is 0. The molecule has 148 valence electrons. The summed E-state index contributed by atoms with van der Waals surface area (Å²) < 4.78 is 11.3. The molecule has 1 aliphatic heterocycles. The molecule has 1 aliphatic rings. The smallest absolute Gasteiger partial charge is 0.260 e. The molecule has 6 nitrogen and oxygen atoms in total. The lowest BCUT2D eigenvalue weighted by molar-refractivity contribution is -0.135. The van der Waals surface area contributed by atoms with E-state index in [0.29, 0.717) is 31.0 Å². The molecule has 6 heteroatoms. The Morgan fingerprint density at radius 2 is 1.50 bits per heavy atom. The van der Waals surface area contributed by atoms with Crippen LogP contribution in [-0.2, 0) is 4.79 Å². The van der Waals surface area contributed by atoms with Crippen molar-refractivity contribution in [1.82, 2.24) is 9.80 Å². The molecule has 0 bridgehead atoms. The first-order valence-electron chi connectivity index (χ1n) is 9.53. The van der Waals surface area contributed by atoms with Crippen molar-refractivity contribution >= 4 is 11.7 Å². The maximum absolute atomic E-state index is 12.4. The van der Waals surface area contributed by atoms with Crippen molar-refractivity contribution in [2.75, 3.05) is 45.9 Å². The van der Waals surface area contributed by atoms with Crippen LogP contribution in [0.2, 0.25) is 0 Å². The Morgan fingerprint density at radius 1 is 0.857 bits per heavy atom. The lowest BCUT2D eigenvalue weighted by atomic mass is 10.1. The molecular formula is C22H26N2O4. The van der Waals surface area contributed by atoms with E-state index in [9.17, 15) is 9.59 Å². The van der Waals surface area contributed by atoms with Crippen LogP contribution in [0.5, 0.6) is 11.5 Å². The van der Waals surface area contributed by atoms with Crippen molar-refractivity contribution in [3.63, 3.8) is 0 Å². The van der Waals surface area contributed by atoms with Crippen molar-refractivity contribution in [3.05, 3.63) is 60.2 Å². The van der Waals surface area contributed by atoms with Crippen molar-refractivity contribution < 1.29 is 19.1 Å². The molecule has 1 saturated heterocycles. The number of para-hydroxylation sites is 1. The van der Waals surface area contributed by atoms with Crippen LogP contribution in [0.3, 0.4) is 0 Å². The van der Waals surface area contributed by atoms with Gasteiger partial charge in [0.05, 0.1) is 0 Å². The van der Waals surface area contributed by atoms with Crippen molar-refractivity contribution in [3.8, 4) is 11.5 Å². The third-order valence-electron chi connectivity index (χ3n) is 4.77. The highest BCUT2D eigenvalue weighted by atomic mass is 16.5. The van der Waals surface area contributed by atoms with Gasteiger partial charge in [0, 0.05) is 38.3 Å². The monoisotopic (exact) mass is 382 g/mol. The zero-order valence-electron chi connectivity index (χ0n) is 16.2. The van der Waals surface area contributed by atoms with Crippen LogP contribution in [0.15, 0.2) is 54.6 Å². The number of rotatable bonds is 8. The van der Waals surface area contributed by atoms with Crippen molar-refractivity contribution in [2.45, 2.75) is 6.92 Å². The van der Waals surface area contributed by atoms with Crippen molar-refractivity contribution in [1.29, 1.82) is 0 Å². The normalized spacial score (nSPS) is 14.5. The quantitative estimate of drug-likeness (QED) is 0.657. The standard InChI is InChI=1S/C22H26N2O4/c1-18(25)19-7-9-21(10-8-19)28-17-22(26)24-13-11-23(12-14-24)15-16-27-20-5-3-2-4-6-20/h2-10H,11-17H2,1H3. The molecule has 0 atom stereocenters. The number of ether oxygens (including phenoxy) is 2. The topological polar surface area (TPSA) is 59.1 Å². The van der Waals surface area contributed by atoms with Gasteiger partial charge in [0.2, 0.25) is 0 Å². The first-order valence-corrected chi connectivity index (χ1v) is 9.53. The molecule has 1 amide bonds. The van der Waals surface area contributed by atoms with Crippen LogP contribution >= 0.6 is 0 Å². The Bertz CT molecular complexity index is 769. The predicted octanol–water partition coefficient (Wildman–Crippen LogP) is 2.49. The number of ketones is 1. The molecule has 1 heterocycles. The molecule has 0 spiro atoms. The average Bonchev–Trinajstić information content (AvgIpc) is 2.73. The van der Waals surface area contributed by atoms with Crippen LogP contribution in [0.4, 0.5) is 0 Å². The zero-order chi connectivity index (χ0) is 19.8. The Labute approximate surface area is 165 Å². The zero-order valence-corrected chi connectivity index (χ0v) is 16.2. The number of carbonyl (C=O) groups is 2. The minimum atomic E-state index is -0.0177. The van der Waals surface area contributed by atoms with E-state index < -0.39 is 0 Å². The number of benzene rings is 2. The summed E-state index contributed by atoms with van der Waals surface area (Å²) in [4.78, 5) is 27.8. The number of piperazine rings is 1. The molecule has 2 aromatic rings. The molecule has 2 aromatic carbocycles. The van der Waals surface area contributed by atoms with Gasteiger partial charge in [0.25, 0.3) is 5.91 Å². The molecular weight excluding hydrogens is 356 g/mol. The third-order valence-corrected chi connectivity index (χ3v) is 4.77. The van der Waals surface area contributed by atoms with Crippen LogP contribution in [0.25, 0.3) is 0 Å². The van der Waals surface area contributed by atoms with Gasteiger partial charge in [-0.15, -0.1) is 0 Å². The van der Waals surface area contributed by atoms with E-state index in [1.54, 1.807) is 24.3 Å². The molecule has 3 rings (SSSR count). The van der Waals surface area contributed by atoms with E-state index in [4.69, 9.17) is 9.47 Å². The Kier molecular flexibility index (Phi) is 7.03. The van der Waals surface area contributed by atoms with Crippen LogP contribution < -0.4 is 9.47 Å². The summed E-state index contributed by atoms with van der Waals surface area (Å²) in [6.07, 6.45) is 0. The lowest BCUT2D eigenvalue weighted by Crippen LogP contribution is -2.50. The Balaban J connectivity index is 1.34. The highest BCUT2D eigenvalue weighted by molar-refractivity contribution is 5.94. The van der Waals surface area contributed by atoms with Gasteiger partial charge in [-0.25, -0.2) is 0 Å². The maximum Gasteiger partial charge on any atom is 0.260 e. The van der Waals surface area contributed by atoms with E-state index in [2.05, 4.69) is 4.90 Å². The number of amides is 1. The minimum Gasteiger partial charge on any atom is -0.492 e. The van der Waals surface area contributed by atoms with E-state index >= 15 is 0 Å².